The zero-order chi connectivity index (χ0) is 15.2. The molecule has 1 aromatic carbocycles. The van der Waals surface area contributed by atoms with Crippen LogP contribution in [0.15, 0.2) is 24.5 Å². The van der Waals surface area contributed by atoms with E-state index in [-0.39, 0.29) is 17.4 Å². The number of nitrogens with zero attached hydrogens (tertiary/aromatic N) is 3. The van der Waals surface area contributed by atoms with Crippen LogP contribution < -0.4 is 25.5 Å². The topological polar surface area (TPSA) is 115 Å². The number of hydrazine groups is 1. The first kappa shape index (κ1) is 14.4. The van der Waals surface area contributed by atoms with Gasteiger partial charge < -0.3 is 19.6 Å². The van der Waals surface area contributed by atoms with Crippen molar-refractivity contribution in [1.29, 1.82) is 5.26 Å². The summed E-state index contributed by atoms with van der Waals surface area (Å²) in [5.74, 6) is 6.84. The number of nitrogens with one attached hydrogen (secondary N) is 1. The predicted octanol–water partition coefficient (Wildman–Crippen LogP) is 1.44. The van der Waals surface area contributed by atoms with Gasteiger partial charge in [-0.25, -0.2) is 10.8 Å². The van der Waals surface area contributed by atoms with Crippen molar-refractivity contribution in [3.05, 3.63) is 30.1 Å². The molecular formula is C13H13N5O3. The van der Waals surface area contributed by atoms with Gasteiger partial charge in [0.25, 0.3) is 5.88 Å². The van der Waals surface area contributed by atoms with Gasteiger partial charge in [0.05, 0.1) is 25.9 Å². The van der Waals surface area contributed by atoms with Gasteiger partial charge in [0, 0.05) is 6.07 Å². The molecule has 0 aliphatic carbocycles. The Kier molecular flexibility index (Phi) is 4.38. The summed E-state index contributed by atoms with van der Waals surface area (Å²) >= 11 is 0. The molecule has 3 N–H and O–H groups in total. The van der Waals surface area contributed by atoms with Crippen molar-refractivity contribution in [2.24, 2.45) is 5.84 Å². The lowest BCUT2D eigenvalue weighted by Gasteiger charge is -2.13. The van der Waals surface area contributed by atoms with Crippen LogP contribution in [0.25, 0.3) is 0 Å². The number of hydrogen-bond donors (Lipinski definition) is 2. The molecule has 0 bridgehead atoms. The lowest BCUT2D eigenvalue weighted by atomic mass is 10.2. The van der Waals surface area contributed by atoms with E-state index in [2.05, 4.69) is 15.4 Å². The highest BCUT2D eigenvalue weighted by Gasteiger charge is 2.16. The summed E-state index contributed by atoms with van der Waals surface area (Å²) in [4.78, 5) is 7.91. The van der Waals surface area contributed by atoms with Gasteiger partial charge in [-0.1, -0.05) is 0 Å². The van der Waals surface area contributed by atoms with Crippen LogP contribution in [0.3, 0.4) is 0 Å². The molecule has 0 amide bonds. The van der Waals surface area contributed by atoms with E-state index in [1.54, 1.807) is 18.2 Å². The Hall–Kier alpha value is -3.05. The highest BCUT2D eigenvalue weighted by Crippen LogP contribution is 2.37. The number of hydrogen-bond acceptors (Lipinski definition) is 8. The quantitative estimate of drug-likeness (QED) is 0.627. The molecule has 0 fully saturated rings. The summed E-state index contributed by atoms with van der Waals surface area (Å²) < 4.78 is 16.0. The van der Waals surface area contributed by atoms with Gasteiger partial charge in [0.2, 0.25) is 5.75 Å². The van der Waals surface area contributed by atoms with E-state index in [9.17, 15) is 0 Å². The van der Waals surface area contributed by atoms with E-state index in [4.69, 9.17) is 25.3 Å². The first-order valence-electron chi connectivity index (χ1n) is 5.85. The summed E-state index contributed by atoms with van der Waals surface area (Å²) in [5.41, 5.74) is 2.85. The summed E-state index contributed by atoms with van der Waals surface area (Å²) in [6.45, 7) is 0. The Labute approximate surface area is 121 Å². The summed E-state index contributed by atoms with van der Waals surface area (Å²) in [5, 5.41) is 8.88. The minimum Gasteiger partial charge on any atom is -0.493 e. The number of rotatable bonds is 5. The minimum absolute atomic E-state index is 0.170. The van der Waals surface area contributed by atoms with E-state index in [1.807, 2.05) is 6.07 Å². The van der Waals surface area contributed by atoms with Crippen LogP contribution in [0.1, 0.15) is 5.56 Å². The van der Waals surface area contributed by atoms with E-state index in [0.29, 0.717) is 17.1 Å². The Balaban J connectivity index is 2.41. The van der Waals surface area contributed by atoms with Gasteiger partial charge in [0.15, 0.2) is 17.3 Å². The van der Waals surface area contributed by atoms with Crippen LogP contribution in [0, 0.1) is 11.3 Å². The van der Waals surface area contributed by atoms with Crippen molar-refractivity contribution < 1.29 is 14.2 Å². The first-order valence-corrected chi connectivity index (χ1v) is 5.85. The standard InChI is InChI=1S/C13H13N5O3/c1-19-10-5-8(6-14)3-4-9(10)21-13-11(20-2)12(18-15)16-7-17-13/h3-5,7H,15H2,1-2H3,(H,16,17,18). The van der Waals surface area contributed by atoms with E-state index in [0.717, 1.165) is 0 Å². The lowest BCUT2D eigenvalue weighted by Crippen LogP contribution is -2.11. The number of ether oxygens (including phenoxy) is 3. The van der Waals surface area contributed by atoms with Gasteiger partial charge in [-0.05, 0) is 12.1 Å². The van der Waals surface area contributed by atoms with Crippen LogP contribution in [0.5, 0.6) is 23.1 Å². The zero-order valence-electron chi connectivity index (χ0n) is 11.5. The van der Waals surface area contributed by atoms with Crippen LogP contribution in [0.2, 0.25) is 0 Å². The average Bonchev–Trinajstić information content (AvgIpc) is 2.54. The Bertz CT molecular complexity index is 684. The second-order valence-electron chi connectivity index (χ2n) is 3.78. The maximum Gasteiger partial charge on any atom is 0.268 e. The molecule has 0 aliphatic heterocycles. The molecule has 2 aromatic rings. The fourth-order valence-corrected chi connectivity index (χ4v) is 1.64. The summed E-state index contributed by atoms with van der Waals surface area (Å²) in [6.07, 6.45) is 1.28. The molecule has 0 saturated carbocycles. The molecule has 0 atom stereocenters. The summed E-state index contributed by atoms with van der Waals surface area (Å²) in [6, 6.07) is 6.79. The SMILES string of the molecule is COc1cc(C#N)ccc1Oc1ncnc(NN)c1OC. The van der Waals surface area contributed by atoms with Crippen molar-refractivity contribution in [2.75, 3.05) is 19.6 Å². The van der Waals surface area contributed by atoms with Gasteiger partial charge in [-0.3, -0.25) is 0 Å². The molecule has 0 unspecified atom stereocenters. The van der Waals surface area contributed by atoms with Crippen LogP contribution in [-0.4, -0.2) is 24.2 Å². The number of anilines is 1. The van der Waals surface area contributed by atoms with Crippen molar-refractivity contribution in [1.82, 2.24) is 9.97 Å². The van der Waals surface area contributed by atoms with Gasteiger partial charge >= 0.3 is 0 Å². The van der Waals surface area contributed by atoms with E-state index >= 15 is 0 Å². The molecule has 8 heteroatoms. The van der Waals surface area contributed by atoms with Crippen LogP contribution >= 0.6 is 0 Å². The molecule has 108 valence electrons. The molecule has 8 nitrogen and oxygen atoms in total. The second-order valence-corrected chi connectivity index (χ2v) is 3.78. The molecule has 2 rings (SSSR count). The van der Waals surface area contributed by atoms with Crippen LogP contribution in [-0.2, 0) is 0 Å². The molecule has 21 heavy (non-hydrogen) atoms. The average molecular weight is 287 g/mol. The Morgan fingerprint density at radius 3 is 2.62 bits per heavy atom. The number of nitrogens with two attached hydrogens (primary N) is 1. The number of methoxy groups -OCH3 is 2. The monoisotopic (exact) mass is 287 g/mol. The van der Waals surface area contributed by atoms with Crippen molar-refractivity contribution >= 4 is 5.82 Å². The lowest BCUT2D eigenvalue weighted by molar-refractivity contribution is 0.348. The predicted molar refractivity (Wildman–Crippen MR) is 74.2 cm³/mol. The number of nitrogen functional groups attached to an aromatic ring is 1. The third-order valence-electron chi connectivity index (χ3n) is 2.61. The minimum atomic E-state index is 0.170. The molecule has 0 spiro atoms. The fraction of sp³-hybridized carbons (Fsp3) is 0.154. The Morgan fingerprint density at radius 1 is 1.19 bits per heavy atom. The number of aromatic nitrogens is 2. The normalized spacial score (nSPS) is 9.62. The van der Waals surface area contributed by atoms with Gasteiger partial charge in [-0.2, -0.15) is 10.2 Å². The van der Waals surface area contributed by atoms with Crippen molar-refractivity contribution in [3.8, 4) is 29.2 Å². The van der Waals surface area contributed by atoms with Crippen LogP contribution in [0.4, 0.5) is 5.82 Å². The first-order chi connectivity index (χ1) is 10.2. The van der Waals surface area contributed by atoms with Crippen molar-refractivity contribution in [3.63, 3.8) is 0 Å². The molecule has 1 heterocycles. The zero-order valence-corrected chi connectivity index (χ0v) is 11.5. The highest BCUT2D eigenvalue weighted by molar-refractivity contribution is 5.56. The third kappa shape index (κ3) is 2.93. The maximum absolute atomic E-state index is 8.88. The Morgan fingerprint density at radius 2 is 2.00 bits per heavy atom. The maximum atomic E-state index is 8.88. The molecule has 0 saturated heterocycles. The largest absolute Gasteiger partial charge is 0.493 e. The smallest absolute Gasteiger partial charge is 0.268 e. The van der Waals surface area contributed by atoms with Gasteiger partial charge in [0.1, 0.15) is 6.33 Å². The summed E-state index contributed by atoms with van der Waals surface area (Å²) in [7, 11) is 2.93. The van der Waals surface area contributed by atoms with Gasteiger partial charge in [-0.15, -0.1) is 0 Å². The molecule has 0 aliphatic rings. The third-order valence-corrected chi connectivity index (χ3v) is 2.61. The number of nitriles is 1. The molecule has 0 radical (unpaired) electrons. The van der Waals surface area contributed by atoms with E-state index < -0.39 is 0 Å². The van der Waals surface area contributed by atoms with E-state index in [1.165, 1.54) is 20.5 Å². The highest BCUT2D eigenvalue weighted by atomic mass is 16.5. The number of benzene rings is 1. The fourth-order valence-electron chi connectivity index (χ4n) is 1.64. The molecular weight excluding hydrogens is 274 g/mol. The van der Waals surface area contributed by atoms with Crippen molar-refractivity contribution in [2.45, 2.75) is 0 Å². The second kappa shape index (κ2) is 6.40. The molecule has 1 aromatic heterocycles.